The first kappa shape index (κ1) is 16.1. The van der Waals surface area contributed by atoms with Crippen molar-refractivity contribution in [1.29, 1.82) is 0 Å². The summed E-state index contributed by atoms with van der Waals surface area (Å²) in [4.78, 5) is 0.891. The summed E-state index contributed by atoms with van der Waals surface area (Å²) in [6, 6.07) is 4.34. The van der Waals surface area contributed by atoms with Gasteiger partial charge in [0.15, 0.2) is 0 Å². The Labute approximate surface area is 131 Å². The van der Waals surface area contributed by atoms with Crippen LogP contribution in [0.4, 0.5) is 0 Å². The van der Waals surface area contributed by atoms with Crippen molar-refractivity contribution >= 4 is 11.5 Å². The van der Waals surface area contributed by atoms with E-state index in [4.69, 9.17) is 0 Å². The molecular weight excluding hydrogens is 280 g/mol. The van der Waals surface area contributed by atoms with E-state index in [1.165, 1.54) is 33.8 Å². The number of nitrogens with zero attached hydrogens (tertiary/aromatic N) is 2. The highest BCUT2D eigenvalue weighted by atomic mass is 32.1. The number of aliphatic hydroxyl groups is 1. The number of hydrogen-bond acceptors (Lipinski definition) is 4. The van der Waals surface area contributed by atoms with Gasteiger partial charge in [-0.05, 0) is 49.0 Å². The highest BCUT2D eigenvalue weighted by Gasteiger charge is 2.26. The van der Waals surface area contributed by atoms with Gasteiger partial charge in [-0.15, -0.1) is 5.10 Å². The molecule has 0 aliphatic heterocycles. The highest BCUT2D eigenvalue weighted by molar-refractivity contribution is 7.05. The average Bonchev–Trinajstić information content (AvgIpc) is 2.82. The van der Waals surface area contributed by atoms with Gasteiger partial charge in [-0.2, -0.15) is 0 Å². The standard InChI is InChI=1S/C17H24N2OS/c1-10-7-11(2)13(12(3)8-10)9-14(20)15-16(17(4,5)6)18-19-21-15/h7-8,14,20H,9H2,1-6H3. The molecule has 0 bridgehead atoms. The van der Waals surface area contributed by atoms with Crippen LogP contribution in [-0.2, 0) is 11.8 Å². The molecular formula is C17H24N2OS. The maximum atomic E-state index is 10.7. The Bertz CT molecular complexity index is 617. The lowest BCUT2D eigenvalue weighted by Gasteiger charge is -2.20. The van der Waals surface area contributed by atoms with Gasteiger partial charge in [0.05, 0.1) is 16.7 Å². The molecule has 1 aromatic heterocycles. The molecule has 1 atom stereocenters. The summed E-state index contributed by atoms with van der Waals surface area (Å²) >= 11 is 1.31. The molecule has 0 saturated heterocycles. The third-order valence-corrected chi connectivity index (χ3v) is 4.59. The largest absolute Gasteiger partial charge is 0.387 e. The zero-order valence-electron chi connectivity index (χ0n) is 13.7. The van der Waals surface area contributed by atoms with Gasteiger partial charge in [0.2, 0.25) is 0 Å². The van der Waals surface area contributed by atoms with Crippen LogP contribution in [0.25, 0.3) is 0 Å². The third-order valence-electron chi connectivity index (χ3n) is 3.76. The molecule has 2 rings (SSSR count). The molecule has 1 aromatic carbocycles. The second kappa shape index (κ2) is 5.85. The number of rotatable bonds is 3. The molecule has 114 valence electrons. The lowest BCUT2D eigenvalue weighted by Crippen LogP contribution is -2.16. The first-order valence-corrected chi connectivity index (χ1v) is 8.05. The molecule has 1 unspecified atom stereocenters. The maximum Gasteiger partial charge on any atom is 0.0957 e. The molecule has 4 heteroatoms. The Balaban J connectivity index is 2.31. The fourth-order valence-corrected chi connectivity index (χ4v) is 3.60. The molecule has 3 nitrogen and oxygen atoms in total. The van der Waals surface area contributed by atoms with E-state index in [9.17, 15) is 5.11 Å². The van der Waals surface area contributed by atoms with E-state index >= 15 is 0 Å². The molecule has 0 spiro atoms. The lowest BCUT2D eigenvalue weighted by atomic mass is 9.88. The Morgan fingerprint density at radius 2 is 1.71 bits per heavy atom. The van der Waals surface area contributed by atoms with Crippen molar-refractivity contribution in [2.45, 2.75) is 59.5 Å². The van der Waals surface area contributed by atoms with Gasteiger partial charge in [-0.3, -0.25) is 0 Å². The van der Waals surface area contributed by atoms with E-state index in [-0.39, 0.29) is 5.41 Å². The number of aliphatic hydroxyl groups excluding tert-OH is 1. The van der Waals surface area contributed by atoms with Gasteiger partial charge in [-0.1, -0.05) is 43.0 Å². The third kappa shape index (κ3) is 3.50. The zero-order valence-corrected chi connectivity index (χ0v) is 14.5. The summed E-state index contributed by atoms with van der Waals surface area (Å²) in [5.41, 5.74) is 5.77. The van der Waals surface area contributed by atoms with Crippen molar-refractivity contribution in [3.63, 3.8) is 0 Å². The number of aromatic nitrogens is 2. The van der Waals surface area contributed by atoms with Crippen LogP contribution in [0, 0.1) is 20.8 Å². The van der Waals surface area contributed by atoms with E-state index in [0.29, 0.717) is 6.42 Å². The molecule has 0 amide bonds. The Morgan fingerprint density at radius 3 is 2.24 bits per heavy atom. The van der Waals surface area contributed by atoms with Crippen molar-refractivity contribution in [3.05, 3.63) is 45.0 Å². The van der Waals surface area contributed by atoms with E-state index < -0.39 is 6.10 Å². The second-order valence-corrected chi connectivity index (χ2v) is 7.62. The normalized spacial score (nSPS) is 13.5. The fraction of sp³-hybridized carbons (Fsp3) is 0.529. The smallest absolute Gasteiger partial charge is 0.0957 e. The van der Waals surface area contributed by atoms with Crippen LogP contribution in [0.1, 0.15) is 59.7 Å². The van der Waals surface area contributed by atoms with Crippen LogP contribution in [0.15, 0.2) is 12.1 Å². The minimum absolute atomic E-state index is 0.0965. The molecule has 2 aromatic rings. The van der Waals surface area contributed by atoms with E-state index in [2.05, 4.69) is 63.3 Å². The monoisotopic (exact) mass is 304 g/mol. The molecule has 0 fully saturated rings. The van der Waals surface area contributed by atoms with E-state index in [0.717, 1.165) is 10.6 Å². The van der Waals surface area contributed by atoms with Crippen LogP contribution in [-0.4, -0.2) is 14.7 Å². The van der Waals surface area contributed by atoms with E-state index in [1.807, 2.05) is 0 Å². The number of aryl methyl sites for hydroxylation is 3. The zero-order chi connectivity index (χ0) is 15.8. The quantitative estimate of drug-likeness (QED) is 0.931. The van der Waals surface area contributed by atoms with Crippen molar-refractivity contribution in [2.75, 3.05) is 0 Å². The lowest BCUT2D eigenvalue weighted by molar-refractivity contribution is 0.179. The summed E-state index contributed by atoms with van der Waals surface area (Å²) in [6.45, 7) is 12.6. The Kier molecular flexibility index (Phi) is 4.49. The highest BCUT2D eigenvalue weighted by Crippen LogP contribution is 2.33. The summed E-state index contributed by atoms with van der Waals surface area (Å²) < 4.78 is 4.04. The molecule has 0 saturated carbocycles. The molecule has 0 aliphatic rings. The van der Waals surface area contributed by atoms with Gasteiger partial charge in [0, 0.05) is 11.8 Å². The van der Waals surface area contributed by atoms with Gasteiger partial charge >= 0.3 is 0 Å². The first-order valence-electron chi connectivity index (χ1n) is 7.27. The topological polar surface area (TPSA) is 46.0 Å². The van der Waals surface area contributed by atoms with Crippen LogP contribution in [0.2, 0.25) is 0 Å². The Hall–Kier alpha value is -1.26. The molecule has 1 heterocycles. The molecule has 1 N–H and O–H groups in total. The van der Waals surface area contributed by atoms with Crippen LogP contribution in [0.3, 0.4) is 0 Å². The Morgan fingerprint density at radius 1 is 1.14 bits per heavy atom. The van der Waals surface area contributed by atoms with Gasteiger partial charge < -0.3 is 5.11 Å². The van der Waals surface area contributed by atoms with Crippen LogP contribution >= 0.6 is 11.5 Å². The maximum absolute atomic E-state index is 10.7. The van der Waals surface area contributed by atoms with Gasteiger partial charge in [0.25, 0.3) is 0 Å². The number of benzene rings is 1. The van der Waals surface area contributed by atoms with Crippen molar-refractivity contribution in [1.82, 2.24) is 9.59 Å². The molecule has 0 aliphatic carbocycles. The minimum atomic E-state index is -0.542. The average molecular weight is 304 g/mol. The first-order chi connectivity index (χ1) is 9.70. The van der Waals surface area contributed by atoms with Gasteiger partial charge in [-0.25, -0.2) is 0 Å². The molecule has 21 heavy (non-hydrogen) atoms. The summed E-state index contributed by atoms with van der Waals surface area (Å²) in [6.07, 6.45) is 0.0737. The fourth-order valence-electron chi connectivity index (χ4n) is 2.75. The minimum Gasteiger partial charge on any atom is -0.387 e. The second-order valence-electron chi connectivity index (χ2n) is 6.83. The summed E-state index contributed by atoms with van der Waals surface area (Å²) in [5, 5.41) is 14.9. The number of hydrogen-bond donors (Lipinski definition) is 1. The predicted octanol–water partition coefficient (Wildman–Crippen LogP) is 4.04. The summed E-state index contributed by atoms with van der Waals surface area (Å²) in [5.74, 6) is 0. The van der Waals surface area contributed by atoms with Crippen molar-refractivity contribution in [2.24, 2.45) is 0 Å². The molecule has 0 radical (unpaired) electrons. The van der Waals surface area contributed by atoms with Crippen molar-refractivity contribution < 1.29 is 5.11 Å². The summed E-state index contributed by atoms with van der Waals surface area (Å²) in [7, 11) is 0. The van der Waals surface area contributed by atoms with Crippen molar-refractivity contribution in [3.8, 4) is 0 Å². The predicted molar refractivity (Wildman–Crippen MR) is 87.9 cm³/mol. The van der Waals surface area contributed by atoms with Crippen LogP contribution in [0.5, 0.6) is 0 Å². The van der Waals surface area contributed by atoms with Gasteiger partial charge in [0.1, 0.15) is 0 Å². The van der Waals surface area contributed by atoms with E-state index in [1.54, 1.807) is 0 Å². The SMILES string of the molecule is Cc1cc(C)c(CC(O)c2snnc2C(C)(C)C)c(C)c1. The van der Waals surface area contributed by atoms with Crippen LogP contribution < -0.4 is 0 Å².